The molecule has 0 saturated carbocycles. The van der Waals surface area contributed by atoms with Crippen LogP contribution >= 0.6 is 15.9 Å². The molecule has 3 atom stereocenters. The third-order valence-electron chi connectivity index (χ3n) is 3.52. The van der Waals surface area contributed by atoms with E-state index in [0.717, 1.165) is 30.3 Å². The Bertz CT molecular complexity index is 350. The van der Waals surface area contributed by atoms with Gasteiger partial charge in [-0.05, 0) is 37.0 Å². The van der Waals surface area contributed by atoms with Gasteiger partial charge in [0.25, 0.3) is 0 Å². The first-order valence-corrected chi connectivity index (χ1v) is 7.04. The van der Waals surface area contributed by atoms with E-state index in [4.69, 9.17) is 4.74 Å². The molecule has 1 fully saturated rings. The molecule has 94 valence electrons. The molecule has 2 nitrogen and oxygen atoms in total. The molecule has 1 aromatic rings. The lowest BCUT2D eigenvalue weighted by atomic mass is 9.89. The standard InChI is InChI=1S/C14H19BrO2/c1-2-14-12(7-8-17-14)13(16)9-10-3-5-11(15)6-4-10/h3-6,12-14,16H,2,7-9H2,1H3. The summed E-state index contributed by atoms with van der Waals surface area (Å²) in [5, 5.41) is 10.3. The Kier molecular flexibility index (Phi) is 4.60. The molecule has 1 aliphatic rings. The van der Waals surface area contributed by atoms with Crippen LogP contribution < -0.4 is 0 Å². The number of aliphatic hydroxyl groups is 1. The Morgan fingerprint density at radius 1 is 1.41 bits per heavy atom. The molecule has 0 aliphatic carbocycles. The van der Waals surface area contributed by atoms with Crippen LogP contribution in [0.25, 0.3) is 0 Å². The van der Waals surface area contributed by atoms with Gasteiger partial charge < -0.3 is 9.84 Å². The van der Waals surface area contributed by atoms with Crippen molar-refractivity contribution >= 4 is 15.9 Å². The van der Waals surface area contributed by atoms with E-state index >= 15 is 0 Å². The second-order valence-corrected chi connectivity index (χ2v) is 5.58. The number of halogens is 1. The maximum absolute atomic E-state index is 10.3. The average Bonchev–Trinajstić information content (AvgIpc) is 2.80. The molecule has 1 N–H and O–H groups in total. The minimum absolute atomic E-state index is 0.237. The molecule has 1 saturated heterocycles. The zero-order chi connectivity index (χ0) is 12.3. The van der Waals surface area contributed by atoms with E-state index in [1.807, 2.05) is 12.1 Å². The van der Waals surface area contributed by atoms with Crippen LogP contribution in [0.3, 0.4) is 0 Å². The van der Waals surface area contributed by atoms with E-state index in [-0.39, 0.29) is 12.2 Å². The van der Waals surface area contributed by atoms with Crippen molar-refractivity contribution in [2.45, 2.75) is 38.4 Å². The van der Waals surface area contributed by atoms with Crippen LogP contribution in [0.2, 0.25) is 0 Å². The first-order valence-electron chi connectivity index (χ1n) is 6.24. The van der Waals surface area contributed by atoms with Crippen molar-refractivity contribution in [3.63, 3.8) is 0 Å². The minimum Gasteiger partial charge on any atom is -0.392 e. The summed E-state index contributed by atoms with van der Waals surface area (Å²) in [5.41, 5.74) is 1.18. The monoisotopic (exact) mass is 298 g/mol. The van der Waals surface area contributed by atoms with Crippen LogP contribution in [0.5, 0.6) is 0 Å². The number of hydrogen-bond donors (Lipinski definition) is 1. The summed E-state index contributed by atoms with van der Waals surface area (Å²) < 4.78 is 6.70. The predicted octanol–water partition coefficient (Wildman–Crippen LogP) is 3.17. The fraction of sp³-hybridized carbons (Fsp3) is 0.571. The van der Waals surface area contributed by atoms with Gasteiger partial charge >= 0.3 is 0 Å². The molecule has 0 radical (unpaired) electrons. The predicted molar refractivity (Wildman–Crippen MR) is 72.0 cm³/mol. The maximum Gasteiger partial charge on any atom is 0.0634 e. The lowest BCUT2D eigenvalue weighted by Crippen LogP contribution is -2.29. The summed E-state index contributed by atoms with van der Waals surface area (Å²) in [4.78, 5) is 0. The normalized spacial score (nSPS) is 26.1. The highest BCUT2D eigenvalue weighted by molar-refractivity contribution is 9.10. The molecule has 3 heteroatoms. The van der Waals surface area contributed by atoms with Crippen molar-refractivity contribution in [2.75, 3.05) is 6.61 Å². The molecule has 1 aromatic carbocycles. The van der Waals surface area contributed by atoms with E-state index in [0.29, 0.717) is 5.92 Å². The molecule has 17 heavy (non-hydrogen) atoms. The van der Waals surface area contributed by atoms with Gasteiger partial charge in [-0.15, -0.1) is 0 Å². The van der Waals surface area contributed by atoms with Crippen molar-refractivity contribution in [3.8, 4) is 0 Å². The average molecular weight is 299 g/mol. The van der Waals surface area contributed by atoms with Crippen molar-refractivity contribution < 1.29 is 9.84 Å². The van der Waals surface area contributed by atoms with Crippen molar-refractivity contribution in [1.29, 1.82) is 0 Å². The Hall–Kier alpha value is -0.380. The second kappa shape index (κ2) is 5.98. The molecular weight excluding hydrogens is 280 g/mol. The van der Waals surface area contributed by atoms with Gasteiger partial charge in [-0.25, -0.2) is 0 Å². The highest BCUT2D eigenvalue weighted by Gasteiger charge is 2.32. The van der Waals surface area contributed by atoms with Crippen LogP contribution in [0.4, 0.5) is 0 Å². The van der Waals surface area contributed by atoms with Crippen LogP contribution in [-0.4, -0.2) is 23.9 Å². The molecule has 1 aliphatic heterocycles. The molecule has 0 aromatic heterocycles. The van der Waals surface area contributed by atoms with Gasteiger partial charge in [-0.2, -0.15) is 0 Å². The van der Waals surface area contributed by atoms with Gasteiger partial charge in [-0.1, -0.05) is 35.0 Å². The Morgan fingerprint density at radius 3 is 2.76 bits per heavy atom. The third-order valence-corrected chi connectivity index (χ3v) is 4.04. The van der Waals surface area contributed by atoms with Gasteiger partial charge in [0.1, 0.15) is 0 Å². The fourth-order valence-corrected chi connectivity index (χ4v) is 2.80. The smallest absolute Gasteiger partial charge is 0.0634 e. The molecule has 0 bridgehead atoms. The molecule has 2 rings (SSSR count). The highest BCUT2D eigenvalue weighted by atomic mass is 79.9. The SMILES string of the molecule is CCC1OCCC1C(O)Cc1ccc(Br)cc1. The summed E-state index contributed by atoms with van der Waals surface area (Å²) in [6.45, 7) is 2.91. The Labute approximate surface area is 111 Å². The van der Waals surface area contributed by atoms with Gasteiger partial charge in [0.2, 0.25) is 0 Å². The highest BCUT2D eigenvalue weighted by Crippen LogP contribution is 2.28. The van der Waals surface area contributed by atoms with E-state index in [2.05, 4.69) is 35.0 Å². The van der Waals surface area contributed by atoms with Gasteiger partial charge in [0, 0.05) is 17.0 Å². The summed E-state index contributed by atoms with van der Waals surface area (Å²) in [5.74, 6) is 0.295. The van der Waals surface area contributed by atoms with E-state index in [1.165, 1.54) is 5.56 Å². The van der Waals surface area contributed by atoms with Gasteiger partial charge in [-0.3, -0.25) is 0 Å². The number of hydrogen-bond acceptors (Lipinski definition) is 2. The van der Waals surface area contributed by atoms with E-state index in [9.17, 15) is 5.11 Å². The second-order valence-electron chi connectivity index (χ2n) is 4.67. The Balaban J connectivity index is 1.96. The number of ether oxygens (including phenoxy) is 1. The van der Waals surface area contributed by atoms with E-state index in [1.54, 1.807) is 0 Å². The molecule has 3 unspecified atom stereocenters. The molecule has 0 amide bonds. The maximum atomic E-state index is 10.3. The Morgan fingerprint density at radius 2 is 2.12 bits per heavy atom. The lowest BCUT2D eigenvalue weighted by Gasteiger charge is -2.22. The summed E-state index contributed by atoms with van der Waals surface area (Å²) in [7, 11) is 0. The van der Waals surface area contributed by atoms with Crippen molar-refractivity contribution in [1.82, 2.24) is 0 Å². The zero-order valence-corrected chi connectivity index (χ0v) is 11.7. The number of benzene rings is 1. The largest absolute Gasteiger partial charge is 0.392 e. The summed E-state index contributed by atoms with van der Waals surface area (Å²) in [6, 6.07) is 8.16. The summed E-state index contributed by atoms with van der Waals surface area (Å²) >= 11 is 3.42. The zero-order valence-electron chi connectivity index (χ0n) is 10.1. The first-order chi connectivity index (χ1) is 8.20. The minimum atomic E-state index is -0.288. The third kappa shape index (κ3) is 3.30. The number of aliphatic hydroxyl groups excluding tert-OH is 1. The van der Waals surface area contributed by atoms with Crippen LogP contribution in [0, 0.1) is 5.92 Å². The summed E-state index contributed by atoms with van der Waals surface area (Å²) in [6.07, 6.45) is 2.64. The number of rotatable bonds is 4. The quantitative estimate of drug-likeness (QED) is 0.925. The molecule has 1 heterocycles. The van der Waals surface area contributed by atoms with Gasteiger partial charge in [0.05, 0.1) is 12.2 Å². The van der Waals surface area contributed by atoms with Crippen molar-refractivity contribution in [2.24, 2.45) is 5.92 Å². The topological polar surface area (TPSA) is 29.5 Å². The van der Waals surface area contributed by atoms with Crippen LogP contribution in [-0.2, 0) is 11.2 Å². The first kappa shape index (κ1) is 13.1. The fourth-order valence-electron chi connectivity index (χ4n) is 2.54. The van der Waals surface area contributed by atoms with Crippen molar-refractivity contribution in [3.05, 3.63) is 34.3 Å². The van der Waals surface area contributed by atoms with Gasteiger partial charge in [0.15, 0.2) is 0 Å². The van der Waals surface area contributed by atoms with Crippen LogP contribution in [0.15, 0.2) is 28.7 Å². The lowest BCUT2D eigenvalue weighted by molar-refractivity contribution is 0.0318. The molecular formula is C14H19BrO2. The van der Waals surface area contributed by atoms with E-state index < -0.39 is 0 Å². The van der Waals surface area contributed by atoms with Crippen LogP contribution in [0.1, 0.15) is 25.3 Å². The molecule has 0 spiro atoms.